The highest BCUT2D eigenvalue weighted by atomic mass is 32.1. The summed E-state index contributed by atoms with van der Waals surface area (Å²) in [5.41, 5.74) is 2.56. The molecule has 1 aromatic heterocycles. The number of allylic oxidation sites excluding steroid dienone is 1. The van der Waals surface area contributed by atoms with E-state index >= 15 is 0 Å². The number of aromatic nitrogens is 1. The topological polar surface area (TPSA) is 79.1 Å². The molecule has 1 aliphatic heterocycles. The third-order valence-corrected chi connectivity index (χ3v) is 7.60. The van der Waals surface area contributed by atoms with Crippen molar-refractivity contribution in [2.45, 2.75) is 46.4 Å². The summed E-state index contributed by atoms with van der Waals surface area (Å²) in [7, 11) is 0. The zero-order valence-corrected chi connectivity index (χ0v) is 24.6. The summed E-state index contributed by atoms with van der Waals surface area (Å²) in [6, 6.07) is 20.4. The Morgan fingerprint density at radius 2 is 1.74 bits per heavy atom. The Hall–Kier alpha value is -4.50. The first kappa shape index (κ1) is 29.0. The SMILES string of the molecule is CCOC(=O)C1=C(C)N=c2s/c(=C\c3ccc(OCc4ccccc4F)cc3)c(=O)n2[C@@H]1c1ccc(OC(C)C)cc1. The van der Waals surface area contributed by atoms with Crippen LogP contribution in [0, 0.1) is 5.82 Å². The molecule has 0 saturated heterocycles. The molecular formula is C33H31FN2O5S. The average Bonchev–Trinajstić information content (AvgIpc) is 3.26. The van der Waals surface area contributed by atoms with Crippen molar-refractivity contribution in [3.8, 4) is 11.5 Å². The molecule has 0 bridgehead atoms. The number of benzene rings is 3. The average molecular weight is 587 g/mol. The molecule has 2 heterocycles. The highest BCUT2D eigenvalue weighted by molar-refractivity contribution is 7.07. The van der Waals surface area contributed by atoms with Gasteiger partial charge in [0, 0.05) is 5.56 Å². The van der Waals surface area contributed by atoms with Crippen LogP contribution in [0.25, 0.3) is 6.08 Å². The van der Waals surface area contributed by atoms with Crippen LogP contribution < -0.4 is 24.4 Å². The van der Waals surface area contributed by atoms with E-state index in [9.17, 15) is 14.0 Å². The molecule has 1 atom stereocenters. The van der Waals surface area contributed by atoms with Gasteiger partial charge in [0.25, 0.3) is 5.56 Å². The first-order chi connectivity index (χ1) is 20.2. The summed E-state index contributed by atoms with van der Waals surface area (Å²) in [5.74, 6) is 0.452. The van der Waals surface area contributed by atoms with Crippen molar-refractivity contribution in [1.82, 2.24) is 4.57 Å². The fraction of sp³-hybridized carbons (Fsp3) is 0.242. The molecule has 0 saturated carbocycles. The van der Waals surface area contributed by atoms with Gasteiger partial charge in [0.05, 0.1) is 34.6 Å². The van der Waals surface area contributed by atoms with Gasteiger partial charge in [-0.1, -0.05) is 53.8 Å². The van der Waals surface area contributed by atoms with E-state index < -0.39 is 12.0 Å². The molecule has 1 aliphatic rings. The maximum absolute atomic E-state index is 13.9. The van der Waals surface area contributed by atoms with Crippen LogP contribution in [-0.2, 0) is 16.1 Å². The Morgan fingerprint density at radius 1 is 1.05 bits per heavy atom. The molecule has 5 rings (SSSR count). The normalized spacial score (nSPS) is 14.9. The summed E-state index contributed by atoms with van der Waals surface area (Å²) in [5, 5.41) is 0. The lowest BCUT2D eigenvalue weighted by Crippen LogP contribution is -2.39. The quantitative estimate of drug-likeness (QED) is 0.249. The van der Waals surface area contributed by atoms with E-state index in [1.807, 2.05) is 50.2 Å². The standard InChI is InChI=1S/C33H31FN2O5S/c1-5-39-32(38)29-21(4)35-33-36(30(29)23-12-16-26(17-13-23)41-20(2)3)31(37)28(42-33)18-22-10-14-25(15-11-22)40-19-24-8-6-7-9-27(24)34/h6-18,20,30H,5,19H2,1-4H3/b28-18-/t30-/m1/s1. The van der Waals surface area contributed by atoms with Gasteiger partial charge in [0.2, 0.25) is 0 Å². The zero-order valence-electron chi connectivity index (χ0n) is 23.8. The monoisotopic (exact) mass is 586 g/mol. The molecule has 3 aromatic carbocycles. The van der Waals surface area contributed by atoms with Crippen LogP contribution >= 0.6 is 11.3 Å². The number of fused-ring (bicyclic) bond motifs is 1. The van der Waals surface area contributed by atoms with Crippen LogP contribution in [0.1, 0.15) is 50.4 Å². The van der Waals surface area contributed by atoms with Crippen LogP contribution in [0.5, 0.6) is 11.5 Å². The van der Waals surface area contributed by atoms with Crippen molar-refractivity contribution in [3.05, 3.63) is 126 Å². The molecule has 42 heavy (non-hydrogen) atoms. The van der Waals surface area contributed by atoms with Crippen molar-refractivity contribution in [1.29, 1.82) is 0 Å². The van der Waals surface area contributed by atoms with Crippen LogP contribution in [-0.4, -0.2) is 23.2 Å². The summed E-state index contributed by atoms with van der Waals surface area (Å²) < 4.78 is 32.8. The van der Waals surface area contributed by atoms with Gasteiger partial charge < -0.3 is 14.2 Å². The number of esters is 1. The molecule has 0 unspecified atom stereocenters. The van der Waals surface area contributed by atoms with Gasteiger partial charge in [-0.15, -0.1) is 0 Å². The molecular weight excluding hydrogens is 555 g/mol. The second kappa shape index (κ2) is 12.6. The number of rotatable bonds is 9. The molecule has 0 amide bonds. The number of thiazole rings is 1. The Kier molecular flexibility index (Phi) is 8.68. The molecule has 0 fully saturated rings. The summed E-state index contributed by atoms with van der Waals surface area (Å²) in [4.78, 5) is 32.0. The Bertz CT molecular complexity index is 1800. The second-order valence-corrected chi connectivity index (χ2v) is 11.0. The molecule has 0 spiro atoms. The highest BCUT2D eigenvalue weighted by Gasteiger charge is 2.33. The zero-order chi connectivity index (χ0) is 29.8. The minimum atomic E-state index is -0.704. The predicted molar refractivity (Wildman–Crippen MR) is 160 cm³/mol. The Labute approximate surface area is 246 Å². The van der Waals surface area contributed by atoms with Crippen LogP contribution in [0.4, 0.5) is 4.39 Å². The van der Waals surface area contributed by atoms with Crippen LogP contribution in [0.2, 0.25) is 0 Å². The fourth-order valence-electron chi connectivity index (χ4n) is 4.70. The van der Waals surface area contributed by atoms with Crippen molar-refractivity contribution < 1.29 is 23.4 Å². The van der Waals surface area contributed by atoms with Crippen molar-refractivity contribution in [2.24, 2.45) is 4.99 Å². The number of carbonyl (C=O) groups excluding carboxylic acids is 1. The summed E-state index contributed by atoms with van der Waals surface area (Å²) in [6.07, 6.45) is 1.79. The van der Waals surface area contributed by atoms with E-state index in [0.29, 0.717) is 37.7 Å². The van der Waals surface area contributed by atoms with Gasteiger partial charge in [0.1, 0.15) is 23.9 Å². The lowest BCUT2D eigenvalue weighted by atomic mass is 9.96. The van der Waals surface area contributed by atoms with Crippen LogP contribution in [0.15, 0.2) is 93.9 Å². The second-order valence-electron chi connectivity index (χ2n) is 9.99. The third kappa shape index (κ3) is 6.21. The molecule has 0 N–H and O–H groups in total. The van der Waals surface area contributed by atoms with E-state index in [2.05, 4.69) is 4.99 Å². The van der Waals surface area contributed by atoms with Gasteiger partial charge in [-0.05, 0) is 75.2 Å². The van der Waals surface area contributed by atoms with Gasteiger partial charge in [-0.2, -0.15) is 0 Å². The summed E-state index contributed by atoms with van der Waals surface area (Å²) >= 11 is 1.26. The fourth-order valence-corrected chi connectivity index (χ4v) is 5.74. The minimum Gasteiger partial charge on any atom is -0.491 e. The first-order valence-electron chi connectivity index (χ1n) is 13.7. The predicted octanol–water partition coefficient (Wildman–Crippen LogP) is 5.30. The minimum absolute atomic E-state index is 0.0123. The molecule has 216 valence electrons. The molecule has 0 aliphatic carbocycles. The number of ether oxygens (including phenoxy) is 3. The number of hydrogen-bond acceptors (Lipinski definition) is 7. The maximum Gasteiger partial charge on any atom is 0.338 e. The number of nitrogens with zero attached hydrogens (tertiary/aromatic N) is 2. The van der Waals surface area contributed by atoms with Gasteiger partial charge >= 0.3 is 5.97 Å². The van der Waals surface area contributed by atoms with Gasteiger partial charge in [-0.25, -0.2) is 14.2 Å². The Morgan fingerprint density at radius 3 is 2.40 bits per heavy atom. The van der Waals surface area contributed by atoms with Crippen molar-refractivity contribution in [2.75, 3.05) is 6.61 Å². The lowest BCUT2D eigenvalue weighted by molar-refractivity contribution is -0.139. The maximum atomic E-state index is 13.9. The van der Waals surface area contributed by atoms with Crippen LogP contribution in [0.3, 0.4) is 0 Å². The van der Waals surface area contributed by atoms with Gasteiger partial charge in [-0.3, -0.25) is 9.36 Å². The van der Waals surface area contributed by atoms with E-state index in [4.69, 9.17) is 14.2 Å². The number of hydrogen-bond donors (Lipinski definition) is 0. The Balaban J connectivity index is 1.49. The molecule has 7 nitrogen and oxygen atoms in total. The van der Waals surface area contributed by atoms with E-state index in [1.165, 1.54) is 17.4 Å². The van der Waals surface area contributed by atoms with E-state index in [0.717, 1.165) is 11.1 Å². The largest absolute Gasteiger partial charge is 0.491 e. The van der Waals surface area contributed by atoms with Crippen molar-refractivity contribution in [3.63, 3.8) is 0 Å². The van der Waals surface area contributed by atoms with E-state index in [1.54, 1.807) is 54.8 Å². The van der Waals surface area contributed by atoms with Gasteiger partial charge in [0.15, 0.2) is 4.80 Å². The van der Waals surface area contributed by atoms with Crippen molar-refractivity contribution >= 4 is 23.4 Å². The lowest BCUT2D eigenvalue weighted by Gasteiger charge is -2.25. The summed E-state index contributed by atoms with van der Waals surface area (Å²) in [6.45, 7) is 7.70. The molecule has 0 radical (unpaired) electrons. The molecule has 9 heteroatoms. The molecule has 4 aromatic rings. The smallest absolute Gasteiger partial charge is 0.338 e. The number of carbonyl (C=O) groups is 1. The first-order valence-corrected chi connectivity index (χ1v) is 14.5. The third-order valence-electron chi connectivity index (χ3n) is 6.61. The highest BCUT2D eigenvalue weighted by Crippen LogP contribution is 2.31. The number of halogens is 1. The van der Waals surface area contributed by atoms with E-state index in [-0.39, 0.29) is 30.7 Å².